The monoisotopic (exact) mass is 300 g/mol. The van der Waals surface area contributed by atoms with Crippen molar-refractivity contribution in [1.82, 2.24) is 0 Å². The molecule has 0 amide bonds. The maximum Gasteiger partial charge on any atom is 0.163 e. The van der Waals surface area contributed by atoms with Gasteiger partial charge in [-0.25, -0.2) is 0 Å². The van der Waals surface area contributed by atoms with Gasteiger partial charge in [0, 0.05) is 24.3 Å². The molecule has 1 aliphatic carbocycles. The topological polar surface area (TPSA) is 51.2 Å². The van der Waals surface area contributed by atoms with E-state index in [-0.39, 0.29) is 35.1 Å². The van der Waals surface area contributed by atoms with Crippen molar-refractivity contribution in [1.29, 1.82) is 0 Å². The van der Waals surface area contributed by atoms with E-state index in [0.717, 1.165) is 19.3 Å². The fourth-order valence-corrected chi connectivity index (χ4v) is 3.86. The third kappa shape index (κ3) is 4.12. The molecule has 0 spiro atoms. The lowest BCUT2D eigenvalue weighted by molar-refractivity contribution is -0.127. The summed E-state index contributed by atoms with van der Waals surface area (Å²) in [6.07, 6.45) is 3.68. The van der Waals surface area contributed by atoms with Gasteiger partial charge in [-0.05, 0) is 38.5 Å². The molecule has 118 valence electrons. The number of ketones is 3. The molecule has 1 aliphatic rings. The van der Waals surface area contributed by atoms with Crippen LogP contribution in [0, 0.1) is 17.8 Å². The maximum absolute atomic E-state index is 12.4. The fourth-order valence-electron chi connectivity index (χ4n) is 3.86. The van der Waals surface area contributed by atoms with Crippen LogP contribution in [0.15, 0.2) is 30.3 Å². The van der Waals surface area contributed by atoms with Crippen LogP contribution >= 0.6 is 0 Å². The summed E-state index contributed by atoms with van der Waals surface area (Å²) in [7, 11) is 0. The zero-order valence-electron chi connectivity index (χ0n) is 13.4. The summed E-state index contributed by atoms with van der Waals surface area (Å²) in [6.45, 7) is 3.18. The molecule has 2 rings (SSSR count). The molecule has 1 aromatic carbocycles. The second-order valence-electron chi connectivity index (χ2n) is 6.49. The minimum absolute atomic E-state index is 0.0725. The van der Waals surface area contributed by atoms with E-state index < -0.39 is 0 Å². The van der Waals surface area contributed by atoms with E-state index >= 15 is 0 Å². The van der Waals surface area contributed by atoms with Crippen LogP contribution in [-0.4, -0.2) is 17.3 Å². The van der Waals surface area contributed by atoms with Crippen molar-refractivity contribution in [3.8, 4) is 0 Å². The normalized spacial score (nSPS) is 24.7. The van der Waals surface area contributed by atoms with Gasteiger partial charge in [0.05, 0.1) is 0 Å². The Morgan fingerprint density at radius 2 is 1.55 bits per heavy atom. The minimum atomic E-state index is -0.148. The summed E-state index contributed by atoms with van der Waals surface area (Å²) in [5, 5.41) is 0. The van der Waals surface area contributed by atoms with Crippen LogP contribution in [0.25, 0.3) is 0 Å². The highest BCUT2D eigenvalue weighted by molar-refractivity contribution is 5.96. The van der Waals surface area contributed by atoms with Crippen molar-refractivity contribution < 1.29 is 14.4 Å². The summed E-state index contributed by atoms with van der Waals surface area (Å²) in [5.74, 6) is 0.384. The molecule has 0 aliphatic heterocycles. The molecule has 1 saturated carbocycles. The number of hydrogen-bond acceptors (Lipinski definition) is 3. The van der Waals surface area contributed by atoms with Gasteiger partial charge >= 0.3 is 0 Å². The summed E-state index contributed by atoms with van der Waals surface area (Å²) in [5.41, 5.74) is 0.707. The van der Waals surface area contributed by atoms with Crippen LogP contribution < -0.4 is 0 Å². The van der Waals surface area contributed by atoms with Crippen LogP contribution in [0.2, 0.25) is 0 Å². The molecule has 1 fully saturated rings. The molecule has 0 aromatic heterocycles. The Hall–Kier alpha value is -1.77. The average molecular weight is 300 g/mol. The first-order valence-corrected chi connectivity index (χ1v) is 8.07. The van der Waals surface area contributed by atoms with E-state index in [4.69, 9.17) is 0 Å². The van der Waals surface area contributed by atoms with Gasteiger partial charge in [-0.3, -0.25) is 9.59 Å². The zero-order chi connectivity index (χ0) is 16.1. The summed E-state index contributed by atoms with van der Waals surface area (Å²) < 4.78 is 0. The first-order valence-electron chi connectivity index (χ1n) is 8.07. The Bertz CT molecular complexity index is 547. The van der Waals surface area contributed by atoms with Crippen LogP contribution in [0.5, 0.6) is 0 Å². The Morgan fingerprint density at radius 3 is 2.09 bits per heavy atom. The highest BCUT2D eigenvalue weighted by Crippen LogP contribution is 2.39. The largest absolute Gasteiger partial charge is 0.300 e. The van der Waals surface area contributed by atoms with Gasteiger partial charge in [-0.15, -0.1) is 0 Å². The van der Waals surface area contributed by atoms with Gasteiger partial charge in [-0.2, -0.15) is 0 Å². The highest BCUT2D eigenvalue weighted by Gasteiger charge is 2.37. The molecule has 0 bridgehead atoms. The van der Waals surface area contributed by atoms with Gasteiger partial charge in [0.2, 0.25) is 0 Å². The van der Waals surface area contributed by atoms with Crippen molar-refractivity contribution in [2.45, 2.75) is 46.0 Å². The molecular formula is C19H24O3. The van der Waals surface area contributed by atoms with Gasteiger partial charge in [0.25, 0.3) is 0 Å². The number of carbonyl (C=O) groups is 3. The smallest absolute Gasteiger partial charge is 0.163 e. The van der Waals surface area contributed by atoms with Gasteiger partial charge in [-0.1, -0.05) is 36.8 Å². The van der Waals surface area contributed by atoms with E-state index in [9.17, 15) is 14.4 Å². The van der Waals surface area contributed by atoms with Gasteiger partial charge in [0.1, 0.15) is 11.6 Å². The number of rotatable bonds is 6. The summed E-state index contributed by atoms with van der Waals surface area (Å²) in [6, 6.07) is 9.24. The van der Waals surface area contributed by atoms with Crippen molar-refractivity contribution in [2.75, 3.05) is 0 Å². The van der Waals surface area contributed by atoms with Crippen LogP contribution in [0.3, 0.4) is 0 Å². The van der Waals surface area contributed by atoms with Crippen molar-refractivity contribution >= 4 is 17.3 Å². The van der Waals surface area contributed by atoms with E-state index in [1.165, 1.54) is 0 Å². The lowest BCUT2D eigenvalue weighted by Crippen LogP contribution is -2.35. The van der Waals surface area contributed by atoms with Crippen molar-refractivity contribution in [2.24, 2.45) is 17.8 Å². The van der Waals surface area contributed by atoms with Crippen molar-refractivity contribution in [3.05, 3.63) is 35.9 Å². The molecule has 1 aromatic rings. The van der Waals surface area contributed by atoms with Gasteiger partial charge in [0.15, 0.2) is 5.78 Å². The molecule has 0 unspecified atom stereocenters. The Balaban J connectivity index is 2.12. The maximum atomic E-state index is 12.4. The predicted octanol–water partition coefficient (Wildman–Crippen LogP) is 3.86. The molecule has 22 heavy (non-hydrogen) atoms. The SMILES string of the molecule is CC(=O)C[C@H]1CCC[C@H](CC(=O)c2ccccc2)[C@H]1C(C)=O. The van der Waals surface area contributed by atoms with E-state index in [1.54, 1.807) is 13.8 Å². The second kappa shape index (κ2) is 7.48. The second-order valence-corrected chi connectivity index (χ2v) is 6.49. The standard InChI is InChI=1S/C19H24O3/c1-13(20)11-16-9-6-10-17(19(16)14(2)21)12-18(22)15-7-4-3-5-8-15/h3-5,7-8,16-17,19H,6,9-12H2,1-2H3/t16-,17-,19+/m1/s1. The fraction of sp³-hybridized carbons (Fsp3) is 0.526. The average Bonchev–Trinajstić information content (AvgIpc) is 2.47. The van der Waals surface area contributed by atoms with Crippen molar-refractivity contribution in [3.63, 3.8) is 0 Å². The molecule has 0 N–H and O–H groups in total. The quantitative estimate of drug-likeness (QED) is 0.750. The summed E-state index contributed by atoms with van der Waals surface area (Å²) in [4.78, 5) is 36.0. The molecule has 3 heteroatoms. The van der Waals surface area contributed by atoms with Crippen LogP contribution in [-0.2, 0) is 9.59 Å². The van der Waals surface area contributed by atoms with E-state index in [1.807, 2.05) is 30.3 Å². The Morgan fingerprint density at radius 1 is 0.955 bits per heavy atom. The van der Waals surface area contributed by atoms with Gasteiger partial charge < -0.3 is 4.79 Å². The van der Waals surface area contributed by atoms with Crippen LogP contribution in [0.1, 0.15) is 56.3 Å². The van der Waals surface area contributed by atoms with E-state index in [2.05, 4.69) is 0 Å². The summed E-state index contributed by atoms with van der Waals surface area (Å²) >= 11 is 0. The minimum Gasteiger partial charge on any atom is -0.300 e. The lowest BCUT2D eigenvalue weighted by atomic mass is 9.67. The number of Topliss-reactive ketones (excluding diaryl/α,β-unsaturated/α-hetero) is 3. The Kier molecular flexibility index (Phi) is 5.64. The number of carbonyl (C=O) groups excluding carboxylic acids is 3. The first-order chi connectivity index (χ1) is 10.5. The Labute approximate surface area is 132 Å². The third-order valence-corrected chi connectivity index (χ3v) is 4.73. The molecule has 3 atom stereocenters. The molecule has 0 saturated heterocycles. The third-order valence-electron chi connectivity index (χ3n) is 4.73. The molecule has 0 heterocycles. The molecule has 3 nitrogen and oxygen atoms in total. The lowest BCUT2D eigenvalue weighted by Gasteiger charge is -2.36. The molecular weight excluding hydrogens is 276 g/mol. The number of hydrogen-bond donors (Lipinski definition) is 0. The van der Waals surface area contributed by atoms with Crippen LogP contribution in [0.4, 0.5) is 0 Å². The van der Waals surface area contributed by atoms with E-state index in [0.29, 0.717) is 18.4 Å². The predicted molar refractivity (Wildman–Crippen MR) is 85.7 cm³/mol. The first kappa shape index (κ1) is 16.6. The zero-order valence-corrected chi connectivity index (χ0v) is 13.4. The number of benzene rings is 1. The highest BCUT2D eigenvalue weighted by atomic mass is 16.1. The molecule has 0 radical (unpaired) electrons.